The second-order valence-corrected chi connectivity index (χ2v) is 6.80. The predicted octanol–water partition coefficient (Wildman–Crippen LogP) is 0.255. The van der Waals surface area contributed by atoms with Gasteiger partial charge in [-0.2, -0.15) is 0 Å². The number of nitrogens with zero attached hydrogens (tertiary/aromatic N) is 1. The third-order valence-corrected chi connectivity index (χ3v) is 5.00. The first-order chi connectivity index (χ1) is 10.9. The molecule has 0 saturated carbocycles. The van der Waals surface area contributed by atoms with Crippen molar-refractivity contribution in [3.8, 4) is 10.4 Å². The van der Waals surface area contributed by atoms with Crippen LogP contribution in [0.2, 0.25) is 4.34 Å². The first-order valence-corrected chi connectivity index (χ1v) is 7.78. The number of aromatic nitrogens is 1. The van der Waals surface area contributed by atoms with Crippen molar-refractivity contribution in [2.75, 3.05) is 0 Å². The Morgan fingerprint density at radius 1 is 1.38 bits per heavy atom. The molecule has 24 heavy (non-hydrogen) atoms. The Balaban J connectivity index is 0.00000208. The molecular weight excluding hydrogens is 364 g/mol. The van der Waals surface area contributed by atoms with E-state index in [0.29, 0.717) is 14.8 Å². The molecule has 3 aromatic rings. The quantitative estimate of drug-likeness (QED) is 0.615. The number of carboxylic acid groups (broad SMARTS) is 1. The van der Waals surface area contributed by atoms with Gasteiger partial charge in [-0.15, -0.1) is 11.3 Å². The normalized spacial score (nSPS) is 13.1. The number of carbonyl (C=O) groups is 1. The number of hydrogen-bond donors (Lipinski definition) is 0. The van der Waals surface area contributed by atoms with Crippen LogP contribution < -0.4 is 34.7 Å². The Labute approximate surface area is 168 Å². The summed E-state index contributed by atoms with van der Waals surface area (Å²) >= 11 is 7.10. The number of benzene rings is 1. The van der Waals surface area contributed by atoms with Crippen molar-refractivity contribution in [3.63, 3.8) is 0 Å². The van der Waals surface area contributed by atoms with Crippen LogP contribution in [-0.4, -0.2) is 11.0 Å². The largest absolute Gasteiger partial charge is 1.00 e. The van der Waals surface area contributed by atoms with Gasteiger partial charge in [0.25, 0.3) is 0 Å². The molecule has 0 aliphatic heterocycles. The van der Waals surface area contributed by atoms with Gasteiger partial charge in [-0.1, -0.05) is 17.7 Å². The minimum atomic E-state index is -1.56. The summed E-state index contributed by atoms with van der Waals surface area (Å²) in [5.41, 5.74) is -0.766. The van der Waals surface area contributed by atoms with Crippen molar-refractivity contribution < 1.29 is 48.3 Å². The summed E-state index contributed by atoms with van der Waals surface area (Å²) < 4.78 is 19.6. The number of oxazole rings is 1. The van der Waals surface area contributed by atoms with Crippen molar-refractivity contribution >= 4 is 28.9 Å². The van der Waals surface area contributed by atoms with Gasteiger partial charge in [0.15, 0.2) is 6.39 Å². The van der Waals surface area contributed by atoms with Crippen molar-refractivity contribution in [1.82, 2.24) is 4.98 Å². The molecule has 118 valence electrons. The molecule has 0 spiro atoms. The fraction of sp³-hybridized carbons (Fsp3) is 0.125. The van der Waals surface area contributed by atoms with E-state index in [9.17, 15) is 14.3 Å². The Hall–Kier alpha value is -1.18. The Bertz CT molecular complexity index is 868. The molecule has 4 nitrogen and oxygen atoms in total. The Morgan fingerprint density at radius 2 is 2.12 bits per heavy atom. The molecule has 2 heterocycles. The minimum absolute atomic E-state index is 0. The van der Waals surface area contributed by atoms with Crippen LogP contribution in [0.25, 0.3) is 10.4 Å². The fourth-order valence-corrected chi connectivity index (χ4v) is 3.37. The molecule has 0 amide bonds. The molecule has 0 fully saturated rings. The van der Waals surface area contributed by atoms with Crippen molar-refractivity contribution in [2.24, 2.45) is 0 Å². The van der Waals surface area contributed by atoms with Gasteiger partial charge >= 0.3 is 29.6 Å². The van der Waals surface area contributed by atoms with Gasteiger partial charge in [0.05, 0.1) is 21.4 Å². The van der Waals surface area contributed by atoms with Crippen molar-refractivity contribution in [3.05, 3.63) is 64.4 Å². The topological polar surface area (TPSA) is 66.2 Å². The van der Waals surface area contributed by atoms with Crippen LogP contribution >= 0.6 is 22.9 Å². The van der Waals surface area contributed by atoms with Gasteiger partial charge in [0, 0.05) is 10.4 Å². The number of carbonyl (C=O) groups excluding carboxylic acids is 1. The molecule has 8 heteroatoms. The van der Waals surface area contributed by atoms with Crippen LogP contribution in [0.4, 0.5) is 4.39 Å². The van der Waals surface area contributed by atoms with Crippen molar-refractivity contribution in [1.29, 1.82) is 0 Å². The summed E-state index contributed by atoms with van der Waals surface area (Å²) in [6.45, 7) is 1.44. The first kappa shape index (κ1) is 19.1. The van der Waals surface area contributed by atoms with Crippen LogP contribution in [0, 0.1) is 5.82 Å². The number of halogens is 2. The van der Waals surface area contributed by atoms with E-state index in [1.54, 1.807) is 12.1 Å². The van der Waals surface area contributed by atoms with E-state index in [4.69, 9.17) is 16.0 Å². The standard InChI is InChI=1S/C16H11ClFNO3S.Na/c1-16(15(20)21,13-7-22-8-19-13)9-2-3-11(18)10(6-9)12-4-5-14(17)23-12;/h2-8H,1H3,(H,20,21);/q;+1/p-1. The zero-order chi connectivity index (χ0) is 16.6. The summed E-state index contributed by atoms with van der Waals surface area (Å²) in [7, 11) is 0. The molecule has 0 radical (unpaired) electrons. The monoisotopic (exact) mass is 373 g/mol. The summed E-state index contributed by atoms with van der Waals surface area (Å²) in [5, 5.41) is 11.8. The molecule has 0 bridgehead atoms. The van der Waals surface area contributed by atoms with Crippen LogP contribution in [0.15, 0.2) is 47.4 Å². The molecule has 1 aromatic carbocycles. The second-order valence-electron chi connectivity index (χ2n) is 5.08. The number of hydrogen-bond acceptors (Lipinski definition) is 5. The minimum Gasteiger partial charge on any atom is -0.549 e. The van der Waals surface area contributed by atoms with Crippen molar-refractivity contribution in [2.45, 2.75) is 12.3 Å². The first-order valence-electron chi connectivity index (χ1n) is 6.59. The molecule has 1 atom stereocenters. The van der Waals surface area contributed by atoms with Gasteiger partial charge < -0.3 is 14.3 Å². The van der Waals surface area contributed by atoms with Crippen LogP contribution in [0.1, 0.15) is 18.2 Å². The molecule has 0 saturated heterocycles. The summed E-state index contributed by atoms with van der Waals surface area (Å²) in [6, 6.07) is 7.44. The van der Waals surface area contributed by atoms with Gasteiger partial charge in [0.1, 0.15) is 12.1 Å². The third-order valence-electron chi connectivity index (χ3n) is 3.74. The molecular formula is C16H10ClFNNaO3S. The number of thiophene rings is 1. The van der Waals surface area contributed by atoms with Crippen LogP contribution in [0.3, 0.4) is 0 Å². The molecule has 1 unspecified atom stereocenters. The zero-order valence-corrected chi connectivity index (χ0v) is 16.5. The van der Waals surface area contributed by atoms with Gasteiger partial charge in [-0.3, -0.25) is 0 Å². The van der Waals surface area contributed by atoms with Gasteiger partial charge in [-0.25, -0.2) is 9.37 Å². The third kappa shape index (κ3) is 3.30. The number of carboxylic acids is 1. The van der Waals surface area contributed by atoms with E-state index < -0.39 is 17.2 Å². The summed E-state index contributed by atoms with van der Waals surface area (Å²) in [6.07, 6.45) is 2.38. The smallest absolute Gasteiger partial charge is 0.549 e. The van der Waals surface area contributed by atoms with E-state index in [0.717, 1.165) is 6.39 Å². The van der Waals surface area contributed by atoms with Crippen LogP contribution in [-0.2, 0) is 10.2 Å². The van der Waals surface area contributed by atoms with Gasteiger partial charge in [-0.05, 0) is 36.8 Å². The van der Waals surface area contributed by atoms with Gasteiger partial charge in [0.2, 0.25) is 0 Å². The second kappa shape index (κ2) is 7.37. The fourth-order valence-electron chi connectivity index (χ4n) is 2.31. The average molecular weight is 374 g/mol. The molecule has 0 aliphatic carbocycles. The Kier molecular flexibility index (Phi) is 5.88. The molecule has 2 aromatic heterocycles. The SMILES string of the molecule is CC(C(=O)[O-])(c1ccc(F)c(-c2ccc(Cl)s2)c1)c1cocn1.[Na+]. The zero-order valence-electron chi connectivity index (χ0n) is 12.9. The maximum atomic E-state index is 14.2. The maximum Gasteiger partial charge on any atom is 1.00 e. The van der Waals surface area contributed by atoms with E-state index >= 15 is 0 Å². The summed E-state index contributed by atoms with van der Waals surface area (Å²) in [5.74, 6) is -1.82. The molecule has 0 N–H and O–H groups in total. The Morgan fingerprint density at radius 3 is 2.67 bits per heavy atom. The van der Waals surface area contributed by atoms with Crippen LogP contribution in [0.5, 0.6) is 0 Å². The van der Waals surface area contributed by atoms with E-state index in [1.165, 1.54) is 42.7 Å². The summed E-state index contributed by atoms with van der Waals surface area (Å²) in [4.78, 5) is 16.3. The van der Waals surface area contributed by atoms with E-state index in [2.05, 4.69) is 4.98 Å². The maximum absolute atomic E-state index is 14.2. The molecule has 3 rings (SSSR count). The van der Waals surface area contributed by atoms with E-state index in [-0.39, 0.29) is 40.8 Å². The number of aliphatic carboxylic acids is 1. The number of rotatable bonds is 4. The average Bonchev–Trinajstić information content (AvgIpc) is 3.18. The predicted molar refractivity (Wildman–Crippen MR) is 82.7 cm³/mol. The molecule has 0 aliphatic rings. The van der Waals surface area contributed by atoms with E-state index in [1.807, 2.05) is 0 Å².